The van der Waals surface area contributed by atoms with Gasteiger partial charge in [-0.3, -0.25) is 4.79 Å². The maximum atomic E-state index is 12.1. The normalized spacial score (nSPS) is 9.79. The van der Waals surface area contributed by atoms with E-state index in [1.165, 1.54) is 0 Å². The summed E-state index contributed by atoms with van der Waals surface area (Å²) >= 11 is 0. The molecule has 0 atom stereocenters. The summed E-state index contributed by atoms with van der Waals surface area (Å²) in [6, 6.07) is 21.5. The first-order chi connectivity index (χ1) is 11.8. The van der Waals surface area contributed by atoms with Gasteiger partial charge in [-0.2, -0.15) is 5.26 Å². The van der Waals surface area contributed by atoms with Gasteiger partial charge in [0.15, 0.2) is 11.5 Å². The summed E-state index contributed by atoms with van der Waals surface area (Å²) < 4.78 is 0. The first-order valence-electron chi connectivity index (χ1n) is 7.22. The lowest BCUT2D eigenvalue weighted by Crippen LogP contribution is -2.14. The maximum Gasteiger partial charge on any atom is 0.276 e. The fourth-order valence-electron chi connectivity index (χ4n) is 2.06. The van der Waals surface area contributed by atoms with Crippen molar-refractivity contribution in [2.45, 2.75) is 0 Å². The van der Waals surface area contributed by atoms with E-state index in [9.17, 15) is 4.79 Å². The summed E-state index contributed by atoms with van der Waals surface area (Å²) in [5.41, 5.74) is 2.04. The minimum atomic E-state index is -0.335. The Morgan fingerprint density at radius 3 is 2.38 bits per heavy atom. The van der Waals surface area contributed by atoms with Crippen LogP contribution in [0.2, 0.25) is 0 Å². The number of carbonyl (C=O) groups is 1. The molecule has 0 fully saturated rings. The van der Waals surface area contributed by atoms with Gasteiger partial charge in [0, 0.05) is 5.69 Å². The standard InChI is InChI=1S/C18H13N5O/c19-12-13-6-4-5-9-15(13)21-17-11-10-16(22-23-17)18(24)20-14-7-2-1-3-8-14/h1-11H,(H,20,24)(H,21,23). The van der Waals surface area contributed by atoms with E-state index in [0.29, 0.717) is 22.8 Å². The van der Waals surface area contributed by atoms with Crippen LogP contribution >= 0.6 is 0 Å². The molecule has 0 saturated heterocycles. The molecule has 1 aromatic heterocycles. The fraction of sp³-hybridized carbons (Fsp3) is 0. The highest BCUT2D eigenvalue weighted by Gasteiger charge is 2.09. The largest absolute Gasteiger partial charge is 0.338 e. The topological polar surface area (TPSA) is 90.7 Å². The van der Waals surface area contributed by atoms with Gasteiger partial charge in [0.25, 0.3) is 5.91 Å². The number of nitrogens with one attached hydrogen (secondary N) is 2. The molecule has 0 bridgehead atoms. The molecular weight excluding hydrogens is 302 g/mol. The van der Waals surface area contributed by atoms with E-state index >= 15 is 0 Å². The zero-order chi connectivity index (χ0) is 16.8. The van der Waals surface area contributed by atoms with Crippen molar-refractivity contribution >= 4 is 23.1 Å². The summed E-state index contributed by atoms with van der Waals surface area (Å²) in [4.78, 5) is 12.1. The number of nitriles is 1. The van der Waals surface area contributed by atoms with Crippen molar-refractivity contribution < 1.29 is 4.79 Å². The third-order valence-electron chi connectivity index (χ3n) is 3.24. The zero-order valence-electron chi connectivity index (χ0n) is 12.6. The highest BCUT2D eigenvalue weighted by Crippen LogP contribution is 2.18. The molecule has 0 radical (unpaired) electrons. The Morgan fingerprint density at radius 2 is 1.67 bits per heavy atom. The van der Waals surface area contributed by atoms with Crippen LogP contribution in [0.4, 0.5) is 17.2 Å². The van der Waals surface area contributed by atoms with Crippen LogP contribution in [0.25, 0.3) is 0 Å². The van der Waals surface area contributed by atoms with Gasteiger partial charge >= 0.3 is 0 Å². The third kappa shape index (κ3) is 3.54. The number of amides is 1. The molecule has 0 aliphatic carbocycles. The van der Waals surface area contributed by atoms with Crippen molar-refractivity contribution in [1.29, 1.82) is 5.26 Å². The Labute approximate surface area is 138 Å². The number of anilines is 3. The van der Waals surface area contributed by atoms with Gasteiger partial charge in [-0.15, -0.1) is 10.2 Å². The van der Waals surface area contributed by atoms with Crippen molar-refractivity contribution in [3.8, 4) is 6.07 Å². The zero-order valence-corrected chi connectivity index (χ0v) is 12.6. The lowest BCUT2D eigenvalue weighted by atomic mass is 10.2. The van der Waals surface area contributed by atoms with Gasteiger partial charge in [-0.05, 0) is 36.4 Å². The molecule has 0 aliphatic rings. The van der Waals surface area contributed by atoms with E-state index in [1.54, 1.807) is 42.5 Å². The molecule has 1 heterocycles. The van der Waals surface area contributed by atoms with Crippen LogP contribution in [0.1, 0.15) is 16.1 Å². The molecule has 6 heteroatoms. The Morgan fingerprint density at radius 1 is 0.917 bits per heavy atom. The van der Waals surface area contributed by atoms with Crippen LogP contribution in [-0.2, 0) is 0 Å². The van der Waals surface area contributed by atoms with Crippen LogP contribution in [0.3, 0.4) is 0 Å². The van der Waals surface area contributed by atoms with Gasteiger partial charge in [0.05, 0.1) is 11.3 Å². The van der Waals surface area contributed by atoms with E-state index in [1.807, 2.05) is 24.3 Å². The van der Waals surface area contributed by atoms with Crippen molar-refractivity contribution in [3.63, 3.8) is 0 Å². The molecule has 0 spiro atoms. The average molecular weight is 315 g/mol. The number of para-hydroxylation sites is 2. The summed E-state index contributed by atoms with van der Waals surface area (Å²) in [5.74, 6) is 0.117. The molecule has 3 rings (SSSR count). The van der Waals surface area contributed by atoms with Crippen LogP contribution in [0, 0.1) is 11.3 Å². The van der Waals surface area contributed by atoms with Gasteiger partial charge in [-0.1, -0.05) is 30.3 Å². The second kappa shape index (κ2) is 7.03. The number of benzene rings is 2. The van der Waals surface area contributed by atoms with Gasteiger partial charge in [-0.25, -0.2) is 0 Å². The fourth-order valence-corrected chi connectivity index (χ4v) is 2.06. The van der Waals surface area contributed by atoms with E-state index in [-0.39, 0.29) is 11.6 Å². The molecule has 116 valence electrons. The van der Waals surface area contributed by atoms with E-state index in [2.05, 4.69) is 26.9 Å². The second-order valence-corrected chi connectivity index (χ2v) is 4.91. The summed E-state index contributed by atoms with van der Waals surface area (Å²) in [6.07, 6.45) is 0. The smallest absolute Gasteiger partial charge is 0.276 e. The highest BCUT2D eigenvalue weighted by molar-refractivity contribution is 6.02. The minimum absolute atomic E-state index is 0.206. The van der Waals surface area contributed by atoms with Gasteiger partial charge in [0.1, 0.15) is 6.07 Å². The maximum absolute atomic E-state index is 12.1. The number of rotatable bonds is 4. The number of hydrogen-bond acceptors (Lipinski definition) is 5. The highest BCUT2D eigenvalue weighted by atomic mass is 16.1. The van der Waals surface area contributed by atoms with E-state index < -0.39 is 0 Å². The molecular formula is C18H13N5O. The van der Waals surface area contributed by atoms with Crippen LogP contribution in [0.5, 0.6) is 0 Å². The first kappa shape index (κ1) is 15.2. The van der Waals surface area contributed by atoms with Crippen molar-refractivity contribution in [3.05, 3.63) is 78.0 Å². The summed E-state index contributed by atoms with van der Waals surface area (Å²) in [5, 5.41) is 22.7. The van der Waals surface area contributed by atoms with Crippen molar-refractivity contribution in [1.82, 2.24) is 10.2 Å². The number of aromatic nitrogens is 2. The predicted molar refractivity (Wildman–Crippen MR) is 90.9 cm³/mol. The molecule has 3 aromatic rings. The predicted octanol–water partition coefficient (Wildman–Crippen LogP) is 3.34. The Kier molecular flexibility index (Phi) is 4.45. The lowest BCUT2D eigenvalue weighted by Gasteiger charge is -2.07. The van der Waals surface area contributed by atoms with Gasteiger partial charge < -0.3 is 10.6 Å². The second-order valence-electron chi connectivity index (χ2n) is 4.91. The molecule has 0 saturated carbocycles. The van der Waals surface area contributed by atoms with Crippen molar-refractivity contribution in [2.24, 2.45) is 0 Å². The number of hydrogen-bond donors (Lipinski definition) is 2. The van der Waals surface area contributed by atoms with Gasteiger partial charge in [0.2, 0.25) is 0 Å². The molecule has 24 heavy (non-hydrogen) atoms. The van der Waals surface area contributed by atoms with E-state index in [0.717, 1.165) is 0 Å². The summed E-state index contributed by atoms with van der Waals surface area (Å²) in [7, 11) is 0. The molecule has 6 nitrogen and oxygen atoms in total. The van der Waals surface area contributed by atoms with Crippen LogP contribution in [-0.4, -0.2) is 16.1 Å². The molecule has 1 amide bonds. The monoisotopic (exact) mass is 315 g/mol. The lowest BCUT2D eigenvalue weighted by molar-refractivity contribution is 0.102. The Balaban J connectivity index is 1.71. The quantitative estimate of drug-likeness (QED) is 0.770. The average Bonchev–Trinajstić information content (AvgIpc) is 2.63. The molecule has 2 N–H and O–H groups in total. The number of nitrogens with zero attached hydrogens (tertiary/aromatic N) is 3. The molecule has 0 unspecified atom stereocenters. The first-order valence-corrected chi connectivity index (χ1v) is 7.22. The number of carbonyl (C=O) groups excluding carboxylic acids is 1. The van der Waals surface area contributed by atoms with E-state index in [4.69, 9.17) is 5.26 Å². The van der Waals surface area contributed by atoms with Crippen LogP contribution < -0.4 is 10.6 Å². The minimum Gasteiger partial charge on any atom is -0.338 e. The van der Waals surface area contributed by atoms with Crippen LogP contribution in [0.15, 0.2) is 66.7 Å². The molecule has 2 aromatic carbocycles. The Bertz CT molecular complexity index is 885. The molecule has 0 aliphatic heterocycles. The van der Waals surface area contributed by atoms with Crippen molar-refractivity contribution in [2.75, 3.05) is 10.6 Å². The SMILES string of the molecule is N#Cc1ccccc1Nc1ccc(C(=O)Nc2ccccc2)nn1. The third-order valence-corrected chi connectivity index (χ3v) is 3.24. The summed E-state index contributed by atoms with van der Waals surface area (Å²) in [6.45, 7) is 0. The Hall–Kier alpha value is -3.72.